The molecule has 1 aromatic heterocycles. The van der Waals surface area contributed by atoms with Gasteiger partial charge in [-0.15, -0.1) is 0 Å². The first-order chi connectivity index (χ1) is 7.33. The first-order valence-electron chi connectivity index (χ1n) is 4.79. The van der Waals surface area contributed by atoms with Crippen molar-refractivity contribution in [1.29, 1.82) is 0 Å². The fourth-order valence-corrected chi connectivity index (χ4v) is 1.72. The zero-order valence-corrected chi connectivity index (χ0v) is 7.96. The molecule has 0 saturated carbocycles. The van der Waals surface area contributed by atoms with E-state index in [-0.39, 0.29) is 5.82 Å². The number of H-pyrrole nitrogens is 1. The second-order valence-corrected chi connectivity index (χ2v) is 3.45. The van der Waals surface area contributed by atoms with E-state index in [9.17, 15) is 4.39 Å². The fraction of sp³-hybridized carbons (Fsp3) is 0.182. The normalized spacial score (nSPS) is 15.4. The minimum Gasteiger partial charge on any atom is -0.474 e. The highest BCUT2D eigenvalue weighted by atomic mass is 19.1. The number of halogens is 1. The minimum atomic E-state index is -0.234. The summed E-state index contributed by atoms with van der Waals surface area (Å²) >= 11 is 0. The number of hydrogen-bond acceptors (Lipinski definition) is 2. The SMILES string of the molecule is Fc1ccc2[nH]c(C3=NCCO3)cc2c1. The molecule has 0 atom stereocenters. The van der Waals surface area contributed by atoms with Crippen LogP contribution < -0.4 is 0 Å². The van der Waals surface area contributed by atoms with Crippen LogP contribution in [0, 0.1) is 5.82 Å². The number of benzene rings is 1. The van der Waals surface area contributed by atoms with Crippen molar-refractivity contribution in [3.05, 3.63) is 35.8 Å². The molecule has 3 nitrogen and oxygen atoms in total. The lowest BCUT2D eigenvalue weighted by Crippen LogP contribution is -2.00. The molecule has 0 radical (unpaired) electrons. The predicted molar refractivity (Wildman–Crippen MR) is 55.6 cm³/mol. The van der Waals surface area contributed by atoms with E-state index >= 15 is 0 Å². The van der Waals surface area contributed by atoms with E-state index in [1.807, 2.05) is 6.07 Å². The predicted octanol–water partition coefficient (Wildman–Crippen LogP) is 2.08. The van der Waals surface area contributed by atoms with E-state index in [0.29, 0.717) is 19.0 Å². The number of nitrogens with one attached hydrogen (secondary N) is 1. The Morgan fingerprint density at radius 3 is 3.07 bits per heavy atom. The smallest absolute Gasteiger partial charge is 0.233 e. The largest absolute Gasteiger partial charge is 0.474 e. The monoisotopic (exact) mass is 204 g/mol. The molecule has 1 aliphatic heterocycles. The lowest BCUT2D eigenvalue weighted by Gasteiger charge is -1.95. The average molecular weight is 204 g/mol. The summed E-state index contributed by atoms with van der Waals surface area (Å²) in [6.45, 7) is 1.32. The summed E-state index contributed by atoms with van der Waals surface area (Å²) in [7, 11) is 0. The summed E-state index contributed by atoms with van der Waals surface area (Å²) in [5, 5.41) is 0.836. The number of aliphatic imine (C=N–C) groups is 1. The molecule has 0 saturated heterocycles. The van der Waals surface area contributed by atoms with Gasteiger partial charge in [-0.1, -0.05) is 0 Å². The van der Waals surface area contributed by atoms with Crippen molar-refractivity contribution < 1.29 is 9.13 Å². The molecular weight excluding hydrogens is 195 g/mol. The Balaban J connectivity index is 2.13. The van der Waals surface area contributed by atoms with Gasteiger partial charge in [-0.3, -0.25) is 0 Å². The van der Waals surface area contributed by atoms with Crippen LogP contribution >= 0.6 is 0 Å². The Kier molecular flexibility index (Phi) is 1.74. The molecule has 0 fully saturated rings. The van der Waals surface area contributed by atoms with Crippen LogP contribution in [0.15, 0.2) is 29.3 Å². The van der Waals surface area contributed by atoms with Gasteiger partial charge in [0.15, 0.2) is 0 Å². The van der Waals surface area contributed by atoms with Gasteiger partial charge in [-0.2, -0.15) is 0 Å². The molecule has 0 bridgehead atoms. The summed E-state index contributed by atoms with van der Waals surface area (Å²) in [6.07, 6.45) is 0. The van der Waals surface area contributed by atoms with Gasteiger partial charge < -0.3 is 9.72 Å². The lowest BCUT2D eigenvalue weighted by atomic mass is 10.2. The molecule has 15 heavy (non-hydrogen) atoms. The Morgan fingerprint density at radius 2 is 2.27 bits per heavy atom. The van der Waals surface area contributed by atoms with Crippen molar-refractivity contribution >= 4 is 16.8 Å². The van der Waals surface area contributed by atoms with E-state index in [4.69, 9.17) is 4.74 Å². The molecule has 3 rings (SSSR count). The third-order valence-electron chi connectivity index (χ3n) is 2.40. The first kappa shape index (κ1) is 8.47. The van der Waals surface area contributed by atoms with Crippen molar-refractivity contribution in [2.24, 2.45) is 4.99 Å². The third kappa shape index (κ3) is 1.38. The third-order valence-corrected chi connectivity index (χ3v) is 2.40. The van der Waals surface area contributed by atoms with Gasteiger partial charge in [0.25, 0.3) is 0 Å². The second-order valence-electron chi connectivity index (χ2n) is 3.45. The number of aromatic amines is 1. The van der Waals surface area contributed by atoms with Gasteiger partial charge in [0, 0.05) is 10.9 Å². The number of rotatable bonds is 1. The molecule has 1 aliphatic rings. The number of ether oxygens (including phenoxy) is 1. The van der Waals surface area contributed by atoms with E-state index in [1.165, 1.54) is 12.1 Å². The lowest BCUT2D eigenvalue weighted by molar-refractivity contribution is 0.347. The van der Waals surface area contributed by atoms with E-state index < -0.39 is 0 Å². The summed E-state index contributed by atoms with van der Waals surface area (Å²) in [5.41, 5.74) is 1.71. The van der Waals surface area contributed by atoms with Gasteiger partial charge in [-0.05, 0) is 24.3 Å². The highest BCUT2D eigenvalue weighted by molar-refractivity contribution is 5.98. The number of aromatic nitrogens is 1. The summed E-state index contributed by atoms with van der Waals surface area (Å²) in [4.78, 5) is 7.34. The zero-order chi connectivity index (χ0) is 10.3. The van der Waals surface area contributed by atoms with Crippen LogP contribution in [0.25, 0.3) is 10.9 Å². The molecule has 2 heterocycles. The first-order valence-corrected chi connectivity index (χ1v) is 4.79. The van der Waals surface area contributed by atoms with Crippen LogP contribution in [0.4, 0.5) is 4.39 Å². The molecule has 0 amide bonds. The average Bonchev–Trinajstić information content (AvgIpc) is 2.84. The van der Waals surface area contributed by atoms with Gasteiger partial charge in [-0.25, -0.2) is 9.38 Å². The highest BCUT2D eigenvalue weighted by Crippen LogP contribution is 2.18. The zero-order valence-electron chi connectivity index (χ0n) is 7.96. The maximum Gasteiger partial charge on any atom is 0.233 e. The Bertz CT molecular complexity index is 545. The summed E-state index contributed by atoms with van der Waals surface area (Å²) in [6, 6.07) is 6.48. The Hall–Kier alpha value is -1.84. The van der Waals surface area contributed by atoms with Crippen LogP contribution in [0.3, 0.4) is 0 Å². The van der Waals surface area contributed by atoms with Crippen molar-refractivity contribution in [1.82, 2.24) is 4.98 Å². The molecule has 2 aromatic rings. The standard InChI is InChI=1S/C11H9FN2O/c12-8-1-2-9-7(5-8)6-10(14-9)11-13-3-4-15-11/h1-2,5-6,14H,3-4H2. The number of nitrogens with zero attached hydrogens (tertiary/aromatic N) is 1. The van der Waals surface area contributed by atoms with Crippen LogP contribution in [-0.2, 0) is 4.74 Å². The van der Waals surface area contributed by atoms with Crippen molar-refractivity contribution in [3.63, 3.8) is 0 Å². The maximum atomic E-state index is 12.9. The molecule has 0 unspecified atom stereocenters. The van der Waals surface area contributed by atoms with E-state index in [2.05, 4.69) is 9.98 Å². The molecule has 4 heteroatoms. The molecule has 76 valence electrons. The Morgan fingerprint density at radius 1 is 1.33 bits per heavy atom. The number of hydrogen-bond donors (Lipinski definition) is 1. The molecular formula is C11H9FN2O. The summed E-state index contributed by atoms with van der Waals surface area (Å²) < 4.78 is 18.3. The molecule has 0 aliphatic carbocycles. The molecule has 1 N–H and O–H groups in total. The van der Waals surface area contributed by atoms with Crippen molar-refractivity contribution in [2.45, 2.75) is 0 Å². The van der Waals surface area contributed by atoms with Gasteiger partial charge in [0.05, 0.1) is 6.54 Å². The fourth-order valence-electron chi connectivity index (χ4n) is 1.72. The van der Waals surface area contributed by atoms with Crippen LogP contribution in [0.5, 0.6) is 0 Å². The van der Waals surface area contributed by atoms with E-state index in [0.717, 1.165) is 16.6 Å². The van der Waals surface area contributed by atoms with Crippen molar-refractivity contribution in [2.75, 3.05) is 13.2 Å². The molecule has 0 spiro atoms. The Labute approximate surface area is 85.6 Å². The van der Waals surface area contributed by atoms with Crippen LogP contribution in [0.1, 0.15) is 5.69 Å². The summed E-state index contributed by atoms with van der Waals surface area (Å²) in [5.74, 6) is 0.383. The van der Waals surface area contributed by atoms with Gasteiger partial charge in [0.2, 0.25) is 5.90 Å². The van der Waals surface area contributed by atoms with Crippen LogP contribution in [-0.4, -0.2) is 24.0 Å². The highest BCUT2D eigenvalue weighted by Gasteiger charge is 2.12. The van der Waals surface area contributed by atoms with Crippen LogP contribution in [0.2, 0.25) is 0 Å². The maximum absolute atomic E-state index is 12.9. The van der Waals surface area contributed by atoms with Crippen molar-refractivity contribution in [3.8, 4) is 0 Å². The van der Waals surface area contributed by atoms with Gasteiger partial charge in [0.1, 0.15) is 18.1 Å². The quantitative estimate of drug-likeness (QED) is 0.758. The number of fused-ring (bicyclic) bond motifs is 1. The van der Waals surface area contributed by atoms with Gasteiger partial charge >= 0.3 is 0 Å². The molecule has 1 aromatic carbocycles. The topological polar surface area (TPSA) is 37.4 Å². The minimum absolute atomic E-state index is 0.234. The second kappa shape index (κ2) is 3.08. The van der Waals surface area contributed by atoms with E-state index in [1.54, 1.807) is 6.07 Å².